The van der Waals surface area contributed by atoms with Crippen molar-refractivity contribution in [2.75, 3.05) is 12.0 Å². The van der Waals surface area contributed by atoms with Crippen LogP contribution in [0.2, 0.25) is 0 Å². The number of thiazole rings is 1. The molecule has 2 aromatic carbocycles. The van der Waals surface area contributed by atoms with Gasteiger partial charge in [-0.2, -0.15) is 11.8 Å². The van der Waals surface area contributed by atoms with E-state index in [2.05, 4.69) is 10.3 Å². The Labute approximate surface area is 264 Å². The van der Waals surface area contributed by atoms with Crippen molar-refractivity contribution in [1.82, 2.24) is 10.3 Å². The zero-order chi connectivity index (χ0) is 28.3. The third-order valence-electron chi connectivity index (χ3n) is 7.76. The number of thioether (sulfide) groups is 1. The Hall–Kier alpha value is -2.08. The van der Waals surface area contributed by atoms with Crippen molar-refractivity contribution in [3.63, 3.8) is 0 Å². The van der Waals surface area contributed by atoms with Gasteiger partial charge in [-0.15, -0.1) is 11.3 Å². The molecule has 2 unspecified atom stereocenters. The number of aromatic nitrogens is 1. The molecule has 1 aromatic heterocycles. The smallest absolute Gasteiger partial charge is 0.480 e. The van der Waals surface area contributed by atoms with Crippen LogP contribution in [0.25, 0.3) is 11.1 Å². The second-order valence-corrected chi connectivity index (χ2v) is 12.5. The predicted molar refractivity (Wildman–Crippen MR) is 164 cm³/mol. The van der Waals surface area contributed by atoms with Crippen molar-refractivity contribution in [3.05, 3.63) is 75.7 Å². The normalized spacial score (nSPS) is 15.1. The first-order valence-electron chi connectivity index (χ1n) is 14.2. The third-order valence-corrected chi connectivity index (χ3v) is 9.27. The first kappa shape index (κ1) is 33.4. The van der Waals surface area contributed by atoms with Gasteiger partial charge in [0.2, 0.25) is 0 Å². The standard InChI is InChI=1S/C32H40N2O4S2.Li/c1-22-8-6-7-11-25(22)27-18-24(12-14-26(27)31(35)34-28(32(36)37)16-17-39-2)20-38-29(30-19-33-21-40-30)15-13-23-9-4-3-5-10-23;/h6-8,11-12,14,18-19,21,23,28-29H,3-5,9-10,13,15-17,20H2,1-2H3,(H,34,35)(H,36,37);/q;+1. The number of nitrogens with zero attached hydrogens (tertiary/aromatic N) is 1. The molecule has 2 N–H and O–H groups in total. The summed E-state index contributed by atoms with van der Waals surface area (Å²) in [6, 6.07) is 12.7. The minimum absolute atomic E-state index is 0. The minimum atomic E-state index is -1.02. The maximum Gasteiger partial charge on any atom is 1.00 e. The van der Waals surface area contributed by atoms with Gasteiger partial charge >= 0.3 is 24.8 Å². The van der Waals surface area contributed by atoms with Gasteiger partial charge in [-0.3, -0.25) is 9.78 Å². The summed E-state index contributed by atoms with van der Waals surface area (Å²) in [6.45, 7) is 2.43. The first-order valence-corrected chi connectivity index (χ1v) is 16.4. The molecule has 0 aliphatic heterocycles. The number of aryl methyl sites for hydroxylation is 1. The molecule has 41 heavy (non-hydrogen) atoms. The molecular weight excluding hydrogens is 547 g/mol. The van der Waals surface area contributed by atoms with Crippen molar-refractivity contribution in [2.45, 2.75) is 77.0 Å². The molecule has 0 saturated heterocycles. The number of carboxylic acid groups (broad SMARTS) is 1. The maximum atomic E-state index is 13.4. The van der Waals surface area contributed by atoms with Crippen molar-refractivity contribution >= 4 is 35.0 Å². The van der Waals surface area contributed by atoms with Gasteiger partial charge < -0.3 is 15.2 Å². The van der Waals surface area contributed by atoms with Crippen molar-refractivity contribution < 1.29 is 38.3 Å². The molecular formula is C32H40LiN2O4S2+. The average Bonchev–Trinajstić information content (AvgIpc) is 3.51. The summed E-state index contributed by atoms with van der Waals surface area (Å²) >= 11 is 3.20. The molecule has 1 saturated carbocycles. The van der Waals surface area contributed by atoms with Crippen LogP contribution in [0.1, 0.15) is 83.8 Å². The monoisotopic (exact) mass is 587 g/mol. The maximum absolute atomic E-state index is 13.4. The van der Waals surface area contributed by atoms with Crippen molar-refractivity contribution in [3.8, 4) is 11.1 Å². The van der Waals surface area contributed by atoms with Gasteiger partial charge in [0.15, 0.2) is 0 Å². The molecule has 1 heterocycles. The number of carbonyl (C=O) groups excluding carboxylic acids is 1. The van der Waals surface area contributed by atoms with Crippen LogP contribution in [0.4, 0.5) is 0 Å². The second-order valence-electron chi connectivity index (χ2n) is 10.6. The molecule has 0 bridgehead atoms. The first-order chi connectivity index (χ1) is 19.5. The molecule has 1 fully saturated rings. The fraction of sp³-hybridized carbons (Fsp3) is 0.469. The minimum Gasteiger partial charge on any atom is -0.480 e. The van der Waals surface area contributed by atoms with E-state index in [1.54, 1.807) is 29.2 Å². The van der Waals surface area contributed by atoms with Crippen LogP contribution in [0, 0.1) is 12.8 Å². The van der Waals surface area contributed by atoms with Crippen LogP contribution >= 0.6 is 23.1 Å². The summed E-state index contributed by atoms with van der Waals surface area (Å²) in [6.07, 6.45) is 13.0. The Kier molecular flexibility index (Phi) is 14.0. The molecule has 1 aliphatic rings. The quantitative estimate of drug-likeness (QED) is 0.267. The number of ether oxygens (including phenoxy) is 1. The van der Waals surface area contributed by atoms with Gasteiger partial charge in [-0.1, -0.05) is 62.4 Å². The van der Waals surface area contributed by atoms with Gasteiger partial charge in [-0.05, 0) is 78.5 Å². The summed E-state index contributed by atoms with van der Waals surface area (Å²) < 4.78 is 6.52. The Balaban J connectivity index is 0.00000462. The molecule has 1 amide bonds. The number of nitrogens with one attached hydrogen (secondary N) is 1. The Bertz CT molecular complexity index is 1250. The van der Waals surface area contributed by atoms with E-state index in [0.29, 0.717) is 24.3 Å². The van der Waals surface area contributed by atoms with Crippen molar-refractivity contribution in [1.29, 1.82) is 0 Å². The molecule has 1 aliphatic carbocycles. The molecule has 2 atom stereocenters. The van der Waals surface area contributed by atoms with E-state index in [-0.39, 0.29) is 30.9 Å². The third kappa shape index (κ3) is 9.73. The number of amides is 1. The summed E-state index contributed by atoms with van der Waals surface area (Å²) in [4.78, 5) is 30.6. The summed E-state index contributed by atoms with van der Waals surface area (Å²) in [5, 5.41) is 12.4. The van der Waals surface area contributed by atoms with Crippen LogP contribution < -0.4 is 24.2 Å². The molecule has 0 radical (unpaired) electrons. The van der Waals surface area contributed by atoms with E-state index in [1.807, 2.05) is 61.3 Å². The van der Waals surface area contributed by atoms with Crippen LogP contribution in [0.5, 0.6) is 0 Å². The molecule has 4 rings (SSSR count). The second kappa shape index (κ2) is 17.1. The largest absolute Gasteiger partial charge is 1.00 e. The SMILES string of the molecule is CSCCC(NC(=O)c1ccc(COC(CCC2CCCCC2)c2cncs2)cc1-c1ccccc1C)C(=O)O.[Li+]. The number of benzene rings is 2. The Morgan fingerprint density at radius 1 is 1.12 bits per heavy atom. The fourth-order valence-corrected chi connectivity index (χ4v) is 6.63. The Morgan fingerprint density at radius 2 is 1.90 bits per heavy atom. The van der Waals surface area contributed by atoms with Gasteiger partial charge in [0.25, 0.3) is 5.91 Å². The van der Waals surface area contributed by atoms with Crippen LogP contribution in [-0.2, 0) is 16.1 Å². The topological polar surface area (TPSA) is 88.5 Å². The molecule has 214 valence electrons. The van der Waals surface area contributed by atoms with Crippen molar-refractivity contribution in [2.24, 2.45) is 5.92 Å². The number of carboxylic acids is 1. The van der Waals surface area contributed by atoms with E-state index in [9.17, 15) is 14.7 Å². The number of carbonyl (C=O) groups is 2. The van der Waals surface area contributed by atoms with Crippen LogP contribution in [0.3, 0.4) is 0 Å². The van der Waals surface area contributed by atoms with E-state index in [0.717, 1.165) is 45.9 Å². The van der Waals surface area contributed by atoms with E-state index in [4.69, 9.17) is 4.74 Å². The number of rotatable bonds is 14. The fourth-order valence-electron chi connectivity index (χ4n) is 5.46. The van der Waals surface area contributed by atoms with Crippen LogP contribution in [0.15, 0.2) is 54.2 Å². The van der Waals surface area contributed by atoms with E-state index < -0.39 is 12.0 Å². The summed E-state index contributed by atoms with van der Waals surface area (Å²) in [5.41, 5.74) is 6.06. The van der Waals surface area contributed by atoms with E-state index in [1.165, 1.54) is 32.1 Å². The number of aliphatic carboxylic acids is 1. The Morgan fingerprint density at radius 3 is 2.59 bits per heavy atom. The summed E-state index contributed by atoms with van der Waals surface area (Å²) in [5.74, 6) is 0.0325. The van der Waals surface area contributed by atoms with Gasteiger partial charge in [-0.25, -0.2) is 4.79 Å². The summed E-state index contributed by atoms with van der Waals surface area (Å²) in [7, 11) is 0. The van der Waals surface area contributed by atoms with Gasteiger partial charge in [0.1, 0.15) is 6.04 Å². The zero-order valence-electron chi connectivity index (χ0n) is 24.4. The predicted octanol–water partition coefficient (Wildman–Crippen LogP) is 4.68. The van der Waals surface area contributed by atoms with Crippen LogP contribution in [-0.4, -0.2) is 40.0 Å². The number of hydrogen-bond acceptors (Lipinski definition) is 6. The molecule has 9 heteroatoms. The molecule has 6 nitrogen and oxygen atoms in total. The zero-order valence-corrected chi connectivity index (χ0v) is 26.1. The van der Waals surface area contributed by atoms with E-state index >= 15 is 0 Å². The molecule has 0 spiro atoms. The van der Waals surface area contributed by atoms with Gasteiger partial charge in [0, 0.05) is 11.8 Å². The van der Waals surface area contributed by atoms with Gasteiger partial charge in [0.05, 0.1) is 23.1 Å². The average molecular weight is 588 g/mol. The number of hydrogen-bond donors (Lipinski definition) is 2. The molecule has 3 aromatic rings.